The first kappa shape index (κ1) is 21.2. The first-order valence-corrected chi connectivity index (χ1v) is 11.7. The highest BCUT2D eigenvalue weighted by Gasteiger charge is 2.45. The lowest BCUT2D eigenvalue weighted by Crippen LogP contribution is -2.45. The average molecular weight is 464 g/mol. The topological polar surface area (TPSA) is 76.7 Å². The third-order valence-corrected chi connectivity index (χ3v) is 7.56. The summed E-state index contributed by atoms with van der Waals surface area (Å²) in [6.45, 7) is 2.93. The molecule has 31 heavy (non-hydrogen) atoms. The van der Waals surface area contributed by atoms with Gasteiger partial charge in [-0.15, -0.1) is 0 Å². The minimum Gasteiger partial charge on any atom is -0.342 e. The highest BCUT2D eigenvalue weighted by atomic mass is 35.5. The van der Waals surface area contributed by atoms with Crippen molar-refractivity contribution in [3.05, 3.63) is 39.9 Å². The molecule has 4 fully saturated rings. The van der Waals surface area contributed by atoms with Crippen LogP contribution < -0.4 is 16.4 Å². The molecule has 166 valence electrons. The zero-order valence-corrected chi connectivity index (χ0v) is 18.7. The Kier molecular flexibility index (Phi) is 5.96. The van der Waals surface area contributed by atoms with Crippen molar-refractivity contribution in [2.24, 2.45) is 17.8 Å². The molecular weight excluding hydrogens is 437 g/mol. The largest absolute Gasteiger partial charge is 0.342 e. The van der Waals surface area contributed by atoms with Gasteiger partial charge >= 0.3 is 0 Å². The molecule has 1 saturated carbocycles. The van der Waals surface area contributed by atoms with Gasteiger partial charge in [0.2, 0.25) is 11.8 Å². The molecule has 1 aromatic carbocycles. The lowest BCUT2D eigenvalue weighted by atomic mass is 9.82. The van der Waals surface area contributed by atoms with E-state index in [1.165, 1.54) is 0 Å². The molecule has 1 aliphatic carbocycles. The second-order valence-electron chi connectivity index (χ2n) is 9.18. The predicted molar refractivity (Wildman–Crippen MR) is 120 cm³/mol. The lowest BCUT2D eigenvalue weighted by Gasteiger charge is -2.32. The first-order chi connectivity index (χ1) is 15.0. The Bertz CT molecular complexity index is 876. The fraction of sp³-hybridized carbons (Fsp3) is 0.545. The summed E-state index contributed by atoms with van der Waals surface area (Å²) in [5, 5.41) is 1.09. The summed E-state index contributed by atoms with van der Waals surface area (Å²) < 4.78 is 0. The molecule has 4 aliphatic rings. The van der Waals surface area contributed by atoms with Gasteiger partial charge in [0, 0.05) is 72.1 Å². The normalized spacial score (nSPS) is 32.5. The minimum absolute atomic E-state index is 0.00555. The van der Waals surface area contributed by atoms with Crippen molar-refractivity contribution in [3.8, 4) is 0 Å². The number of nitrogens with zero attached hydrogens (tertiary/aromatic N) is 2. The van der Waals surface area contributed by atoms with Gasteiger partial charge in [0.1, 0.15) is 0 Å². The lowest BCUT2D eigenvalue weighted by molar-refractivity contribution is -0.136. The van der Waals surface area contributed by atoms with Crippen molar-refractivity contribution < 1.29 is 9.59 Å². The van der Waals surface area contributed by atoms with Gasteiger partial charge in [-0.1, -0.05) is 23.2 Å². The van der Waals surface area contributed by atoms with E-state index in [1.807, 2.05) is 9.80 Å². The zero-order valence-electron chi connectivity index (χ0n) is 17.2. The Morgan fingerprint density at radius 3 is 2.26 bits per heavy atom. The molecule has 0 spiro atoms. The quantitative estimate of drug-likeness (QED) is 0.598. The third kappa shape index (κ3) is 4.47. The summed E-state index contributed by atoms with van der Waals surface area (Å²) in [6, 6.07) is 5.96. The number of benzene rings is 1. The summed E-state index contributed by atoms with van der Waals surface area (Å²) in [7, 11) is 0. The number of carbonyl (C=O) groups is 2. The number of likely N-dealkylation sites (tertiary alicyclic amines) is 2. The summed E-state index contributed by atoms with van der Waals surface area (Å²) in [4.78, 5) is 29.7. The second-order valence-corrected chi connectivity index (χ2v) is 10.1. The van der Waals surface area contributed by atoms with E-state index in [2.05, 4.69) is 16.4 Å². The van der Waals surface area contributed by atoms with Crippen molar-refractivity contribution in [3.63, 3.8) is 0 Å². The number of nitrogens with one attached hydrogen (secondary N) is 3. The van der Waals surface area contributed by atoms with Crippen LogP contribution in [0.3, 0.4) is 0 Å². The van der Waals surface area contributed by atoms with E-state index < -0.39 is 0 Å². The van der Waals surface area contributed by atoms with Gasteiger partial charge in [-0.2, -0.15) is 5.53 Å². The molecule has 9 heteroatoms. The van der Waals surface area contributed by atoms with Crippen molar-refractivity contribution in [1.82, 2.24) is 26.2 Å². The Hall–Kier alpha value is -1.64. The molecule has 2 amide bonds. The van der Waals surface area contributed by atoms with E-state index in [0.717, 1.165) is 37.9 Å². The van der Waals surface area contributed by atoms with E-state index in [1.54, 1.807) is 30.4 Å². The number of hydrazine groups is 2. The number of hydrogen-bond acceptors (Lipinski definition) is 5. The molecular formula is C22H27Cl2N5O2. The van der Waals surface area contributed by atoms with Crippen LogP contribution in [0, 0.1) is 17.8 Å². The van der Waals surface area contributed by atoms with Crippen molar-refractivity contribution >= 4 is 41.1 Å². The van der Waals surface area contributed by atoms with Gasteiger partial charge in [-0.05, 0) is 49.1 Å². The van der Waals surface area contributed by atoms with Gasteiger partial charge in [0.25, 0.3) is 0 Å². The third-order valence-electron chi connectivity index (χ3n) is 7.13. The van der Waals surface area contributed by atoms with Crippen LogP contribution in [0.15, 0.2) is 24.3 Å². The molecule has 0 aromatic heterocycles. The molecule has 5 rings (SSSR count). The van der Waals surface area contributed by atoms with Crippen LogP contribution >= 0.6 is 23.2 Å². The molecule has 1 aromatic rings. The fourth-order valence-electron chi connectivity index (χ4n) is 5.51. The minimum atomic E-state index is -0.00555. The van der Waals surface area contributed by atoms with E-state index in [0.29, 0.717) is 47.1 Å². The highest BCUT2D eigenvalue weighted by molar-refractivity contribution is 6.34. The Labute approximate surface area is 192 Å². The van der Waals surface area contributed by atoms with Crippen LogP contribution in [-0.2, 0) is 9.59 Å². The average Bonchev–Trinajstić information content (AvgIpc) is 3.44. The summed E-state index contributed by atoms with van der Waals surface area (Å²) in [5.41, 5.74) is 10.2. The molecule has 3 aliphatic heterocycles. The van der Waals surface area contributed by atoms with Crippen molar-refractivity contribution in [2.75, 3.05) is 26.2 Å². The maximum atomic E-state index is 13.1. The molecule has 5 atom stereocenters. The number of rotatable bonds is 3. The highest BCUT2D eigenvalue weighted by Crippen LogP contribution is 2.34. The number of hydrogen-bond donors (Lipinski definition) is 3. The predicted octanol–water partition coefficient (Wildman–Crippen LogP) is 2.07. The Morgan fingerprint density at radius 2 is 1.55 bits per heavy atom. The molecule has 3 unspecified atom stereocenters. The Balaban J connectivity index is 1.14. The monoisotopic (exact) mass is 463 g/mol. The van der Waals surface area contributed by atoms with Crippen LogP contribution in [0.1, 0.15) is 24.8 Å². The summed E-state index contributed by atoms with van der Waals surface area (Å²) in [5.74, 6) is 1.11. The molecule has 7 nitrogen and oxygen atoms in total. The van der Waals surface area contributed by atoms with Gasteiger partial charge < -0.3 is 9.80 Å². The van der Waals surface area contributed by atoms with Crippen LogP contribution in [0.5, 0.6) is 0 Å². The maximum absolute atomic E-state index is 13.1. The SMILES string of the molecule is O=C(/C=C/c1cc(Cl)cc(Cl)c1)N1C[C@@H]2CN(C(=O)C3CCC4NNNC4C3)C[C@H]2C1. The fourth-order valence-corrected chi connectivity index (χ4v) is 6.05. The molecule has 3 saturated heterocycles. The summed E-state index contributed by atoms with van der Waals surface area (Å²) in [6.07, 6.45) is 6.15. The number of amides is 2. The van der Waals surface area contributed by atoms with Crippen molar-refractivity contribution in [2.45, 2.75) is 31.3 Å². The number of halogens is 2. The maximum Gasteiger partial charge on any atom is 0.246 e. The standard InChI is InChI=1S/C22H27Cl2N5O2/c23-17-5-13(6-18(24)8-17)1-4-21(30)28-9-15-11-29(12-16(15)10-28)22(31)14-2-3-19-20(7-14)26-27-25-19/h1,4-6,8,14-16,19-20,25-27H,2-3,7,9-12H2/b4-1+/t14?,15-,16-,19?,20?/m1/s1. The van der Waals surface area contributed by atoms with E-state index in [4.69, 9.17) is 23.2 Å². The second kappa shape index (κ2) is 8.71. The van der Waals surface area contributed by atoms with Crippen LogP contribution in [0.25, 0.3) is 6.08 Å². The van der Waals surface area contributed by atoms with Gasteiger partial charge in [0.15, 0.2) is 0 Å². The van der Waals surface area contributed by atoms with Gasteiger partial charge in [0.05, 0.1) is 0 Å². The van der Waals surface area contributed by atoms with E-state index in [-0.39, 0.29) is 17.7 Å². The number of carbonyl (C=O) groups excluding carboxylic acids is 2. The van der Waals surface area contributed by atoms with E-state index in [9.17, 15) is 9.59 Å². The van der Waals surface area contributed by atoms with Crippen LogP contribution in [0.4, 0.5) is 0 Å². The van der Waals surface area contributed by atoms with Crippen molar-refractivity contribution in [1.29, 1.82) is 0 Å². The molecule has 0 radical (unpaired) electrons. The van der Waals surface area contributed by atoms with E-state index >= 15 is 0 Å². The smallest absolute Gasteiger partial charge is 0.246 e. The van der Waals surface area contributed by atoms with Gasteiger partial charge in [-0.3, -0.25) is 9.59 Å². The first-order valence-electron chi connectivity index (χ1n) is 10.9. The summed E-state index contributed by atoms with van der Waals surface area (Å²) >= 11 is 12.0. The van der Waals surface area contributed by atoms with Gasteiger partial charge in [-0.25, -0.2) is 10.9 Å². The van der Waals surface area contributed by atoms with Crippen LogP contribution in [0.2, 0.25) is 10.0 Å². The Morgan fingerprint density at radius 1 is 0.903 bits per heavy atom. The molecule has 0 bridgehead atoms. The zero-order chi connectivity index (χ0) is 21.5. The molecule has 3 N–H and O–H groups in total. The van der Waals surface area contributed by atoms with Crippen LogP contribution in [-0.4, -0.2) is 59.9 Å². The number of fused-ring (bicyclic) bond motifs is 2. The molecule has 3 heterocycles.